The summed E-state index contributed by atoms with van der Waals surface area (Å²) in [6.07, 6.45) is 1.01. The maximum atomic E-state index is 6.11. The second-order valence-corrected chi connectivity index (χ2v) is 4.85. The molecule has 1 heteroatoms. The van der Waals surface area contributed by atoms with Gasteiger partial charge in [-0.25, -0.2) is 0 Å². The van der Waals surface area contributed by atoms with Crippen LogP contribution in [0.1, 0.15) is 38.3 Å². The van der Waals surface area contributed by atoms with E-state index in [1.165, 1.54) is 11.1 Å². The first-order valence-corrected chi connectivity index (χ1v) is 5.94. The fourth-order valence-corrected chi connectivity index (χ4v) is 2.03. The highest BCUT2D eigenvalue weighted by Crippen LogP contribution is 2.39. The van der Waals surface area contributed by atoms with Gasteiger partial charge in [0, 0.05) is 11.5 Å². The molecule has 2 N–H and O–H groups in total. The van der Waals surface area contributed by atoms with E-state index in [9.17, 15) is 0 Å². The molecule has 1 aromatic carbocycles. The summed E-state index contributed by atoms with van der Waals surface area (Å²) in [4.78, 5) is 0. The lowest BCUT2D eigenvalue weighted by atomic mass is 9.72. The van der Waals surface area contributed by atoms with Crippen molar-refractivity contribution in [2.75, 3.05) is 0 Å². The van der Waals surface area contributed by atoms with E-state index in [-0.39, 0.29) is 11.5 Å². The van der Waals surface area contributed by atoms with E-state index in [4.69, 9.17) is 5.73 Å². The van der Waals surface area contributed by atoms with E-state index in [2.05, 4.69) is 58.5 Å². The molecular weight excluding hydrogens is 194 g/mol. The lowest BCUT2D eigenvalue weighted by molar-refractivity contribution is 0.358. The molecule has 1 nitrogen and oxygen atoms in total. The van der Waals surface area contributed by atoms with Gasteiger partial charge in [0.2, 0.25) is 0 Å². The smallest absolute Gasteiger partial charge is 0.0105 e. The standard InChI is InChI=1S/C15H23N/c1-6-15(5,13(4)16)12(3)14-10-8-7-9-11(14)2/h7-10,13H,3,6,16H2,1-2,4-5H3. The molecule has 0 aromatic heterocycles. The second kappa shape index (κ2) is 4.84. The summed E-state index contributed by atoms with van der Waals surface area (Å²) < 4.78 is 0. The third kappa shape index (κ3) is 2.19. The molecule has 0 bridgehead atoms. The summed E-state index contributed by atoms with van der Waals surface area (Å²) in [6.45, 7) is 12.8. The van der Waals surface area contributed by atoms with Gasteiger partial charge < -0.3 is 5.73 Å². The minimum atomic E-state index is -0.0217. The Labute approximate surface area is 99.4 Å². The Balaban J connectivity index is 3.15. The molecule has 1 rings (SSSR count). The van der Waals surface area contributed by atoms with Crippen molar-refractivity contribution in [1.82, 2.24) is 0 Å². The van der Waals surface area contributed by atoms with E-state index in [0.29, 0.717) is 0 Å². The Kier molecular flexibility index (Phi) is 3.93. The molecule has 0 saturated heterocycles. The summed E-state index contributed by atoms with van der Waals surface area (Å²) >= 11 is 0. The minimum absolute atomic E-state index is 0.0217. The maximum Gasteiger partial charge on any atom is 0.0105 e. The van der Waals surface area contributed by atoms with Crippen LogP contribution in [0.5, 0.6) is 0 Å². The molecule has 0 fully saturated rings. The number of rotatable bonds is 4. The van der Waals surface area contributed by atoms with Crippen molar-refractivity contribution >= 4 is 5.57 Å². The first-order valence-electron chi connectivity index (χ1n) is 5.94. The van der Waals surface area contributed by atoms with E-state index < -0.39 is 0 Å². The van der Waals surface area contributed by atoms with Crippen molar-refractivity contribution in [2.24, 2.45) is 11.1 Å². The number of hydrogen-bond acceptors (Lipinski definition) is 1. The highest BCUT2D eigenvalue weighted by Gasteiger charge is 2.31. The zero-order chi connectivity index (χ0) is 12.3. The first kappa shape index (κ1) is 13.0. The summed E-state index contributed by atoms with van der Waals surface area (Å²) in [5.74, 6) is 0. The summed E-state index contributed by atoms with van der Waals surface area (Å²) in [5, 5.41) is 0. The van der Waals surface area contributed by atoms with Crippen molar-refractivity contribution in [3.05, 3.63) is 42.0 Å². The van der Waals surface area contributed by atoms with E-state index in [0.717, 1.165) is 12.0 Å². The molecule has 0 radical (unpaired) electrons. The van der Waals surface area contributed by atoms with Gasteiger partial charge in [-0.15, -0.1) is 0 Å². The number of aryl methyl sites for hydroxylation is 1. The van der Waals surface area contributed by atoms with Gasteiger partial charge in [0.25, 0.3) is 0 Å². The number of hydrogen-bond donors (Lipinski definition) is 1. The van der Waals surface area contributed by atoms with Crippen LogP contribution >= 0.6 is 0 Å². The van der Waals surface area contributed by atoms with Gasteiger partial charge in [-0.05, 0) is 37.0 Å². The van der Waals surface area contributed by atoms with Gasteiger partial charge in [0.15, 0.2) is 0 Å². The fraction of sp³-hybridized carbons (Fsp3) is 0.467. The topological polar surface area (TPSA) is 26.0 Å². The molecule has 0 aliphatic rings. The van der Waals surface area contributed by atoms with Crippen LogP contribution in [0, 0.1) is 12.3 Å². The molecule has 2 atom stereocenters. The molecule has 0 aliphatic carbocycles. The molecule has 0 heterocycles. The highest BCUT2D eigenvalue weighted by atomic mass is 14.7. The van der Waals surface area contributed by atoms with Crippen LogP contribution in [-0.2, 0) is 0 Å². The van der Waals surface area contributed by atoms with Crippen molar-refractivity contribution in [3.8, 4) is 0 Å². The predicted octanol–water partition coefficient (Wildman–Crippen LogP) is 3.77. The van der Waals surface area contributed by atoms with Crippen molar-refractivity contribution in [1.29, 1.82) is 0 Å². The van der Waals surface area contributed by atoms with Crippen LogP contribution in [0.3, 0.4) is 0 Å². The van der Waals surface area contributed by atoms with Gasteiger partial charge in [0.05, 0.1) is 0 Å². The second-order valence-electron chi connectivity index (χ2n) is 4.85. The zero-order valence-electron chi connectivity index (χ0n) is 10.9. The molecule has 0 spiro atoms. The van der Waals surface area contributed by atoms with Gasteiger partial charge in [-0.2, -0.15) is 0 Å². The lowest BCUT2D eigenvalue weighted by Gasteiger charge is -2.35. The molecule has 2 unspecified atom stereocenters. The minimum Gasteiger partial charge on any atom is -0.327 e. The zero-order valence-corrected chi connectivity index (χ0v) is 10.9. The quantitative estimate of drug-likeness (QED) is 0.816. The van der Waals surface area contributed by atoms with Crippen molar-refractivity contribution in [3.63, 3.8) is 0 Å². The monoisotopic (exact) mass is 217 g/mol. The molecule has 0 aliphatic heterocycles. The summed E-state index contributed by atoms with van der Waals surface area (Å²) in [5.41, 5.74) is 9.75. The van der Waals surface area contributed by atoms with Gasteiger partial charge in [-0.3, -0.25) is 0 Å². The van der Waals surface area contributed by atoms with E-state index >= 15 is 0 Å². The highest BCUT2D eigenvalue weighted by molar-refractivity contribution is 5.71. The average Bonchev–Trinajstić information content (AvgIpc) is 2.27. The SMILES string of the molecule is C=C(c1ccccc1C)C(C)(CC)C(C)N. The fourth-order valence-electron chi connectivity index (χ4n) is 2.03. The summed E-state index contributed by atoms with van der Waals surface area (Å²) in [6, 6.07) is 8.49. The average molecular weight is 217 g/mol. The third-order valence-electron chi connectivity index (χ3n) is 3.90. The van der Waals surface area contributed by atoms with Crippen LogP contribution in [0.25, 0.3) is 5.57 Å². The van der Waals surface area contributed by atoms with Crippen LogP contribution < -0.4 is 5.73 Å². The molecular formula is C15H23N. The summed E-state index contributed by atoms with van der Waals surface area (Å²) in [7, 11) is 0. The Morgan fingerprint density at radius 2 is 2.00 bits per heavy atom. The largest absolute Gasteiger partial charge is 0.327 e. The Hall–Kier alpha value is -1.08. The molecule has 0 saturated carbocycles. The van der Waals surface area contributed by atoms with Gasteiger partial charge in [-0.1, -0.05) is 44.7 Å². The molecule has 0 amide bonds. The third-order valence-corrected chi connectivity index (χ3v) is 3.90. The molecule has 16 heavy (non-hydrogen) atoms. The van der Waals surface area contributed by atoms with Crippen LogP contribution in [-0.4, -0.2) is 6.04 Å². The molecule has 1 aromatic rings. The van der Waals surface area contributed by atoms with Crippen molar-refractivity contribution < 1.29 is 0 Å². The Morgan fingerprint density at radius 1 is 1.44 bits per heavy atom. The Morgan fingerprint density at radius 3 is 2.44 bits per heavy atom. The number of benzene rings is 1. The maximum absolute atomic E-state index is 6.11. The first-order chi connectivity index (χ1) is 7.43. The normalized spacial score (nSPS) is 16.6. The predicted molar refractivity (Wildman–Crippen MR) is 72.3 cm³/mol. The van der Waals surface area contributed by atoms with Crippen LogP contribution in [0.2, 0.25) is 0 Å². The van der Waals surface area contributed by atoms with Crippen molar-refractivity contribution in [2.45, 2.75) is 40.2 Å². The number of nitrogens with two attached hydrogens (primary N) is 1. The van der Waals surface area contributed by atoms with Crippen LogP contribution in [0.4, 0.5) is 0 Å². The lowest BCUT2D eigenvalue weighted by Crippen LogP contribution is -2.37. The van der Waals surface area contributed by atoms with E-state index in [1.54, 1.807) is 0 Å². The molecule has 88 valence electrons. The van der Waals surface area contributed by atoms with Gasteiger partial charge >= 0.3 is 0 Å². The van der Waals surface area contributed by atoms with Gasteiger partial charge in [0.1, 0.15) is 0 Å². The Bertz CT molecular complexity index is 379. The van der Waals surface area contributed by atoms with Crippen LogP contribution in [0.15, 0.2) is 30.8 Å². The van der Waals surface area contributed by atoms with E-state index in [1.807, 2.05) is 0 Å².